The van der Waals surface area contributed by atoms with E-state index in [2.05, 4.69) is 5.32 Å². The molecule has 0 aromatic heterocycles. The Kier molecular flexibility index (Phi) is 5.67. The summed E-state index contributed by atoms with van der Waals surface area (Å²) < 4.78 is 0. The number of carbonyl (C=O) groups excluding carboxylic acids is 1. The smallest absolute Gasteiger partial charge is 0.317 e. The van der Waals surface area contributed by atoms with Gasteiger partial charge >= 0.3 is 5.97 Å². The van der Waals surface area contributed by atoms with Crippen molar-refractivity contribution in [2.75, 3.05) is 13.1 Å². The van der Waals surface area contributed by atoms with E-state index in [9.17, 15) is 9.59 Å². The van der Waals surface area contributed by atoms with E-state index >= 15 is 0 Å². The molecule has 1 saturated carbocycles. The van der Waals surface area contributed by atoms with Gasteiger partial charge in [-0.25, -0.2) is 0 Å². The summed E-state index contributed by atoms with van der Waals surface area (Å²) in [5.41, 5.74) is 0.396. The molecule has 1 amide bonds. The van der Waals surface area contributed by atoms with Crippen molar-refractivity contribution >= 4 is 35.1 Å². The highest BCUT2D eigenvalue weighted by Crippen LogP contribution is 2.27. The summed E-state index contributed by atoms with van der Waals surface area (Å²) in [6.07, 6.45) is 1.50. The van der Waals surface area contributed by atoms with Crippen LogP contribution in [0.5, 0.6) is 0 Å². The van der Waals surface area contributed by atoms with Gasteiger partial charge in [-0.05, 0) is 37.6 Å². The fourth-order valence-corrected chi connectivity index (χ4v) is 3.11. The van der Waals surface area contributed by atoms with Crippen molar-refractivity contribution in [3.63, 3.8) is 0 Å². The number of hydrogen-bond acceptors (Lipinski definition) is 3. The predicted molar refractivity (Wildman–Crippen MR) is 85.6 cm³/mol. The molecule has 0 bridgehead atoms. The normalized spacial score (nSPS) is 20.5. The summed E-state index contributed by atoms with van der Waals surface area (Å²) in [6.45, 7) is 2.65. The third-order valence-electron chi connectivity index (χ3n) is 3.89. The lowest BCUT2D eigenvalue weighted by molar-refractivity contribution is -0.139. The number of carbonyl (C=O) groups is 2. The van der Waals surface area contributed by atoms with Crippen molar-refractivity contribution in [1.82, 2.24) is 10.2 Å². The number of aliphatic carboxylic acids is 1. The van der Waals surface area contributed by atoms with Gasteiger partial charge in [-0.1, -0.05) is 30.1 Å². The molecule has 1 aromatic rings. The SMILES string of the molecule is CCN(CC(=O)O)C1CC(NC(=O)c2ccc(Cl)cc2Cl)C1. The minimum absolute atomic E-state index is 0.0326. The lowest BCUT2D eigenvalue weighted by Gasteiger charge is -2.42. The molecule has 0 aliphatic heterocycles. The van der Waals surface area contributed by atoms with Gasteiger partial charge in [-0.15, -0.1) is 0 Å². The Morgan fingerprint density at radius 3 is 2.59 bits per heavy atom. The van der Waals surface area contributed by atoms with Crippen LogP contribution in [0.15, 0.2) is 18.2 Å². The average molecular weight is 345 g/mol. The van der Waals surface area contributed by atoms with Crippen LogP contribution in [0.1, 0.15) is 30.1 Å². The molecule has 5 nitrogen and oxygen atoms in total. The number of hydrogen-bond donors (Lipinski definition) is 2. The Labute approximate surface area is 139 Å². The summed E-state index contributed by atoms with van der Waals surface area (Å²) >= 11 is 11.8. The zero-order valence-corrected chi connectivity index (χ0v) is 13.7. The number of carboxylic acids is 1. The van der Waals surface area contributed by atoms with Gasteiger partial charge < -0.3 is 10.4 Å². The molecule has 0 radical (unpaired) electrons. The minimum Gasteiger partial charge on any atom is -0.480 e. The number of nitrogens with zero attached hydrogens (tertiary/aromatic N) is 1. The molecule has 7 heteroatoms. The van der Waals surface area contributed by atoms with Crippen LogP contribution in [0, 0.1) is 0 Å². The number of benzene rings is 1. The highest BCUT2D eigenvalue weighted by Gasteiger charge is 2.34. The Morgan fingerprint density at radius 1 is 1.36 bits per heavy atom. The lowest BCUT2D eigenvalue weighted by atomic mass is 9.85. The number of amides is 1. The van der Waals surface area contributed by atoms with E-state index in [1.807, 2.05) is 11.8 Å². The number of rotatable bonds is 6. The first-order valence-electron chi connectivity index (χ1n) is 7.12. The van der Waals surface area contributed by atoms with Crippen LogP contribution in [0.3, 0.4) is 0 Å². The number of nitrogens with one attached hydrogen (secondary N) is 1. The van der Waals surface area contributed by atoms with Gasteiger partial charge in [0.25, 0.3) is 5.91 Å². The van der Waals surface area contributed by atoms with Crippen LogP contribution in [0.2, 0.25) is 10.0 Å². The summed E-state index contributed by atoms with van der Waals surface area (Å²) in [5.74, 6) is -1.06. The average Bonchev–Trinajstić information content (AvgIpc) is 2.39. The molecular weight excluding hydrogens is 327 g/mol. The molecule has 0 saturated heterocycles. The Balaban J connectivity index is 1.86. The molecule has 1 aliphatic carbocycles. The monoisotopic (exact) mass is 344 g/mol. The van der Waals surface area contributed by atoms with Gasteiger partial charge in [-0.2, -0.15) is 0 Å². The molecule has 22 heavy (non-hydrogen) atoms. The van der Waals surface area contributed by atoms with Crippen LogP contribution in [-0.4, -0.2) is 47.1 Å². The second kappa shape index (κ2) is 7.31. The third-order valence-corrected chi connectivity index (χ3v) is 4.43. The Bertz CT molecular complexity index is 574. The van der Waals surface area contributed by atoms with Crippen LogP contribution in [0.4, 0.5) is 0 Å². The topological polar surface area (TPSA) is 69.6 Å². The quantitative estimate of drug-likeness (QED) is 0.832. The first-order chi connectivity index (χ1) is 10.4. The van der Waals surface area contributed by atoms with Gasteiger partial charge in [0.1, 0.15) is 0 Å². The van der Waals surface area contributed by atoms with E-state index in [4.69, 9.17) is 28.3 Å². The van der Waals surface area contributed by atoms with E-state index in [0.29, 0.717) is 22.2 Å². The van der Waals surface area contributed by atoms with Crippen LogP contribution >= 0.6 is 23.2 Å². The first kappa shape index (κ1) is 17.1. The molecule has 120 valence electrons. The molecule has 1 aliphatic rings. The first-order valence-corrected chi connectivity index (χ1v) is 7.88. The van der Waals surface area contributed by atoms with Crippen molar-refractivity contribution in [3.8, 4) is 0 Å². The molecule has 0 spiro atoms. The van der Waals surface area contributed by atoms with Gasteiger partial charge in [0.2, 0.25) is 0 Å². The Hall–Kier alpha value is -1.30. The second-order valence-corrected chi connectivity index (χ2v) is 6.22. The molecule has 2 N–H and O–H groups in total. The van der Waals surface area contributed by atoms with Gasteiger partial charge in [-0.3, -0.25) is 14.5 Å². The largest absolute Gasteiger partial charge is 0.480 e. The molecule has 1 aromatic carbocycles. The second-order valence-electron chi connectivity index (χ2n) is 5.38. The van der Waals surface area contributed by atoms with E-state index in [1.54, 1.807) is 12.1 Å². The zero-order valence-electron chi connectivity index (χ0n) is 12.2. The highest BCUT2D eigenvalue weighted by atomic mass is 35.5. The predicted octanol–water partition coefficient (Wildman–Crippen LogP) is 2.66. The fourth-order valence-electron chi connectivity index (χ4n) is 2.61. The van der Waals surface area contributed by atoms with Gasteiger partial charge in [0.15, 0.2) is 0 Å². The number of likely N-dealkylation sites (N-methyl/N-ethyl adjacent to an activating group) is 1. The molecule has 1 fully saturated rings. The molecular formula is C15H18Cl2N2O3. The lowest BCUT2D eigenvalue weighted by Crippen LogP contribution is -2.54. The standard InChI is InChI=1S/C15H18Cl2N2O3/c1-2-19(8-14(20)21)11-6-10(7-11)18-15(22)12-4-3-9(16)5-13(12)17/h3-5,10-11H,2,6-8H2,1H3,(H,18,22)(H,20,21). The van der Waals surface area contributed by atoms with E-state index in [0.717, 1.165) is 12.8 Å². The summed E-state index contributed by atoms with van der Waals surface area (Å²) in [5, 5.41) is 12.6. The summed E-state index contributed by atoms with van der Waals surface area (Å²) in [6, 6.07) is 5.00. The van der Waals surface area contributed by atoms with Gasteiger partial charge in [0, 0.05) is 17.1 Å². The molecule has 2 rings (SSSR count). The van der Waals surface area contributed by atoms with Crippen molar-refractivity contribution in [3.05, 3.63) is 33.8 Å². The Morgan fingerprint density at radius 2 is 2.05 bits per heavy atom. The minimum atomic E-state index is -0.831. The van der Waals surface area contributed by atoms with E-state index in [-0.39, 0.29) is 24.5 Å². The zero-order chi connectivity index (χ0) is 16.3. The maximum absolute atomic E-state index is 12.2. The van der Waals surface area contributed by atoms with Crippen molar-refractivity contribution in [2.24, 2.45) is 0 Å². The fraction of sp³-hybridized carbons (Fsp3) is 0.467. The molecule has 0 heterocycles. The van der Waals surface area contributed by atoms with Gasteiger partial charge in [0.05, 0.1) is 17.1 Å². The van der Waals surface area contributed by atoms with Crippen molar-refractivity contribution in [2.45, 2.75) is 31.8 Å². The van der Waals surface area contributed by atoms with Crippen molar-refractivity contribution < 1.29 is 14.7 Å². The van der Waals surface area contributed by atoms with Crippen LogP contribution in [-0.2, 0) is 4.79 Å². The summed E-state index contributed by atoms with van der Waals surface area (Å²) in [7, 11) is 0. The van der Waals surface area contributed by atoms with Crippen molar-refractivity contribution in [1.29, 1.82) is 0 Å². The molecule has 0 unspecified atom stereocenters. The highest BCUT2D eigenvalue weighted by molar-refractivity contribution is 6.36. The van der Waals surface area contributed by atoms with E-state index in [1.165, 1.54) is 6.07 Å². The summed E-state index contributed by atoms with van der Waals surface area (Å²) in [4.78, 5) is 24.8. The maximum atomic E-state index is 12.2. The van der Waals surface area contributed by atoms with E-state index < -0.39 is 5.97 Å². The van der Waals surface area contributed by atoms with Crippen LogP contribution in [0.25, 0.3) is 0 Å². The molecule has 0 atom stereocenters. The third kappa shape index (κ3) is 4.12. The maximum Gasteiger partial charge on any atom is 0.317 e. The number of halogens is 2. The number of carboxylic acid groups (broad SMARTS) is 1. The van der Waals surface area contributed by atoms with Crippen LogP contribution < -0.4 is 5.32 Å².